The van der Waals surface area contributed by atoms with Crippen molar-refractivity contribution >= 4 is 6.03 Å². The molecule has 2 N–H and O–H groups in total. The number of rotatable bonds is 7. The van der Waals surface area contributed by atoms with E-state index in [1.54, 1.807) is 19.4 Å². The maximum atomic E-state index is 11.7. The second kappa shape index (κ2) is 8.11. The van der Waals surface area contributed by atoms with Gasteiger partial charge in [0.15, 0.2) is 0 Å². The first-order chi connectivity index (χ1) is 10.3. The fourth-order valence-corrected chi connectivity index (χ4v) is 1.99. The SMILES string of the molecule is COC(CNC(=O)NCCc1ccccc1)c1ccco1. The van der Waals surface area contributed by atoms with Crippen molar-refractivity contribution in [3.63, 3.8) is 0 Å². The lowest BCUT2D eigenvalue weighted by Crippen LogP contribution is -2.38. The highest BCUT2D eigenvalue weighted by Gasteiger charge is 2.14. The van der Waals surface area contributed by atoms with Crippen LogP contribution >= 0.6 is 0 Å². The van der Waals surface area contributed by atoms with Gasteiger partial charge in [0.25, 0.3) is 0 Å². The van der Waals surface area contributed by atoms with Gasteiger partial charge in [-0.1, -0.05) is 30.3 Å². The third kappa shape index (κ3) is 4.96. The summed E-state index contributed by atoms with van der Waals surface area (Å²) < 4.78 is 10.5. The Hall–Kier alpha value is -2.27. The van der Waals surface area contributed by atoms with Crippen LogP contribution in [0.4, 0.5) is 4.79 Å². The van der Waals surface area contributed by atoms with Crippen molar-refractivity contribution in [3.05, 3.63) is 60.1 Å². The minimum absolute atomic E-state index is 0.209. The number of carbonyl (C=O) groups excluding carboxylic acids is 1. The molecule has 0 aliphatic heterocycles. The number of methoxy groups -OCH3 is 1. The highest BCUT2D eigenvalue weighted by atomic mass is 16.5. The Bertz CT molecular complexity index is 526. The largest absolute Gasteiger partial charge is 0.467 e. The van der Waals surface area contributed by atoms with Gasteiger partial charge in [-0.3, -0.25) is 0 Å². The molecule has 21 heavy (non-hydrogen) atoms. The van der Waals surface area contributed by atoms with Crippen molar-refractivity contribution in [3.8, 4) is 0 Å². The van der Waals surface area contributed by atoms with E-state index in [4.69, 9.17) is 9.15 Å². The molecule has 0 aliphatic rings. The van der Waals surface area contributed by atoms with Crippen LogP contribution < -0.4 is 10.6 Å². The normalized spacial score (nSPS) is 11.9. The molecule has 5 heteroatoms. The molecule has 0 radical (unpaired) electrons. The molecular weight excluding hydrogens is 268 g/mol. The Morgan fingerprint density at radius 1 is 1.19 bits per heavy atom. The molecule has 1 aromatic heterocycles. The smallest absolute Gasteiger partial charge is 0.314 e. The van der Waals surface area contributed by atoms with Crippen LogP contribution in [0.2, 0.25) is 0 Å². The van der Waals surface area contributed by atoms with Gasteiger partial charge in [0.2, 0.25) is 0 Å². The number of hydrogen-bond acceptors (Lipinski definition) is 3. The third-order valence-corrected chi connectivity index (χ3v) is 3.14. The summed E-state index contributed by atoms with van der Waals surface area (Å²) in [5.74, 6) is 0.696. The Morgan fingerprint density at radius 2 is 2.00 bits per heavy atom. The average Bonchev–Trinajstić information content (AvgIpc) is 3.03. The minimum atomic E-state index is -0.278. The zero-order chi connectivity index (χ0) is 14.9. The topological polar surface area (TPSA) is 63.5 Å². The van der Waals surface area contributed by atoms with E-state index in [9.17, 15) is 4.79 Å². The molecule has 1 heterocycles. The van der Waals surface area contributed by atoms with Gasteiger partial charge in [0, 0.05) is 13.7 Å². The quantitative estimate of drug-likeness (QED) is 0.823. The molecule has 5 nitrogen and oxygen atoms in total. The number of benzene rings is 1. The lowest BCUT2D eigenvalue weighted by atomic mass is 10.1. The molecule has 0 spiro atoms. The van der Waals surface area contributed by atoms with E-state index in [0.717, 1.165) is 6.42 Å². The van der Waals surface area contributed by atoms with E-state index in [1.165, 1.54) is 5.56 Å². The molecule has 1 atom stereocenters. The van der Waals surface area contributed by atoms with Crippen LogP contribution in [-0.4, -0.2) is 26.2 Å². The van der Waals surface area contributed by atoms with E-state index in [-0.39, 0.29) is 12.1 Å². The van der Waals surface area contributed by atoms with Crippen molar-refractivity contribution < 1.29 is 13.9 Å². The van der Waals surface area contributed by atoms with Crippen LogP contribution in [0.5, 0.6) is 0 Å². The molecule has 2 rings (SSSR count). The first-order valence-corrected chi connectivity index (χ1v) is 6.91. The van der Waals surface area contributed by atoms with Crippen molar-refractivity contribution in [2.75, 3.05) is 20.2 Å². The van der Waals surface area contributed by atoms with Gasteiger partial charge in [-0.2, -0.15) is 0 Å². The van der Waals surface area contributed by atoms with E-state index >= 15 is 0 Å². The predicted octanol–water partition coefficient (Wildman–Crippen LogP) is 2.51. The zero-order valence-corrected chi connectivity index (χ0v) is 12.0. The lowest BCUT2D eigenvalue weighted by molar-refractivity contribution is 0.0850. The van der Waals surface area contributed by atoms with E-state index < -0.39 is 0 Å². The first kappa shape index (κ1) is 15.1. The van der Waals surface area contributed by atoms with Gasteiger partial charge in [0.05, 0.1) is 12.8 Å². The van der Waals surface area contributed by atoms with Crippen LogP contribution in [-0.2, 0) is 11.2 Å². The summed E-state index contributed by atoms with van der Waals surface area (Å²) >= 11 is 0. The van der Waals surface area contributed by atoms with Gasteiger partial charge in [-0.15, -0.1) is 0 Å². The number of ether oxygens (including phenoxy) is 1. The Morgan fingerprint density at radius 3 is 2.67 bits per heavy atom. The Labute approximate surface area is 124 Å². The van der Waals surface area contributed by atoms with Crippen LogP contribution in [0.25, 0.3) is 0 Å². The molecule has 0 saturated heterocycles. The molecular formula is C16H20N2O3. The molecule has 1 aromatic carbocycles. The number of furan rings is 1. The van der Waals surface area contributed by atoms with Gasteiger partial charge < -0.3 is 19.8 Å². The highest BCUT2D eigenvalue weighted by Crippen LogP contribution is 2.15. The molecule has 0 saturated carbocycles. The number of carbonyl (C=O) groups is 1. The lowest BCUT2D eigenvalue weighted by Gasteiger charge is -2.14. The van der Waals surface area contributed by atoms with Crippen molar-refractivity contribution in [2.24, 2.45) is 0 Å². The number of amides is 2. The summed E-state index contributed by atoms with van der Waals surface area (Å²) in [6, 6.07) is 13.4. The summed E-state index contributed by atoms with van der Waals surface area (Å²) in [7, 11) is 1.59. The van der Waals surface area contributed by atoms with Crippen molar-refractivity contribution in [1.82, 2.24) is 10.6 Å². The molecule has 2 aromatic rings. The number of hydrogen-bond donors (Lipinski definition) is 2. The fraction of sp³-hybridized carbons (Fsp3) is 0.312. The van der Waals surface area contributed by atoms with E-state index in [2.05, 4.69) is 10.6 Å². The van der Waals surface area contributed by atoms with Crippen LogP contribution in [0.15, 0.2) is 53.1 Å². The molecule has 0 fully saturated rings. The van der Waals surface area contributed by atoms with Gasteiger partial charge in [0.1, 0.15) is 11.9 Å². The molecule has 112 valence electrons. The van der Waals surface area contributed by atoms with Gasteiger partial charge >= 0.3 is 6.03 Å². The highest BCUT2D eigenvalue weighted by molar-refractivity contribution is 5.73. The fourth-order valence-electron chi connectivity index (χ4n) is 1.99. The predicted molar refractivity (Wildman–Crippen MR) is 80.0 cm³/mol. The Kier molecular flexibility index (Phi) is 5.84. The standard InChI is InChI=1S/C16H20N2O3/c1-20-15(14-8-5-11-21-14)12-18-16(19)17-10-9-13-6-3-2-4-7-13/h2-8,11,15H,9-10,12H2,1H3,(H2,17,18,19). The Balaban J connectivity index is 1.67. The number of nitrogens with one attached hydrogen (secondary N) is 2. The second-order valence-corrected chi connectivity index (χ2v) is 4.61. The second-order valence-electron chi connectivity index (χ2n) is 4.61. The van der Waals surface area contributed by atoms with Crippen molar-refractivity contribution in [2.45, 2.75) is 12.5 Å². The third-order valence-electron chi connectivity index (χ3n) is 3.14. The maximum Gasteiger partial charge on any atom is 0.314 e. The van der Waals surface area contributed by atoms with Crippen LogP contribution in [0.1, 0.15) is 17.4 Å². The van der Waals surface area contributed by atoms with Gasteiger partial charge in [-0.05, 0) is 24.1 Å². The maximum absolute atomic E-state index is 11.7. The summed E-state index contributed by atoms with van der Waals surface area (Å²) in [6.45, 7) is 0.954. The van der Waals surface area contributed by atoms with Crippen LogP contribution in [0.3, 0.4) is 0 Å². The molecule has 2 amide bonds. The van der Waals surface area contributed by atoms with Gasteiger partial charge in [-0.25, -0.2) is 4.79 Å². The van der Waals surface area contributed by atoms with Crippen LogP contribution in [0, 0.1) is 0 Å². The monoisotopic (exact) mass is 288 g/mol. The molecule has 1 unspecified atom stereocenters. The van der Waals surface area contributed by atoms with E-state index in [0.29, 0.717) is 18.8 Å². The summed E-state index contributed by atoms with van der Waals surface area (Å²) in [5.41, 5.74) is 1.20. The molecule has 0 bridgehead atoms. The first-order valence-electron chi connectivity index (χ1n) is 6.91. The summed E-state index contributed by atoms with van der Waals surface area (Å²) in [5, 5.41) is 5.59. The van der Waals surface area contributed by atoms with E-state index in [1.807, 2.05) is 36.4 Å². The molecule has 0 aliphatic carbocycles. The average molecular weight is 288 g/mol. The summed E-state index contributed by atoms with van der Waals surface area (Å²) in [4.78, 5) is 11.7. The van der Waals surface area contributed by atoms with Crippen molar-refractivity contribution in [1.29, 1.82) is 0 Å². The minimum Gasteiger partial charge on any atom is -0.467 e. The summed E-state index contributed by atoms with van der Waals surface area (Å²) in [6.07, 6.45) is 2.11. The number of urea groups is 1. The zero-order valence-electron chi connectivity index (χ0n) is 12.0.